The molecule has 3 aromatic rings. The maximum Gasteiger partial charge on any atom is 0.205 e. The minimum atomic E-state index is -0.362. The summed E-state index contributed by atoms with van der Waals surface area (Å²) in [6.45, 7) is 1.81. The molecule has 0 bridgehead atoms. The summed E-state index contributed by atoms with van der Waals surface area (Å²) in [5.41, 5.74) is 2.69. The molecule has 4 heteroatoms. The summed E-state index contributed by atoms with van der Waals surface area (Å²) < 4.78 is 13.0. The van der Waals surface area contributed by atoms with Crippen molar-refractivity contribution in [3.63, 3.8) is 0 Å². The lowest BCUT2D eigenvalue weighted by atomic mass is 9.99. The Kier molecular flexibility index (Phi) is 3.78. The van der Waals surface area contributed by atoms with E-state index in [1.54, 1.807) is 6.92 Å². The van der Waals surface area contributed by atoms with Crippen molar-refractivity contribution in [2.24, 2.45) is 0 Å². The molecule has 1 aromatic heterocycles. The Hall–Kier alpha value is -3.19. The maximum atomic E-state index is 13.0. The normalized spacial score (nSPS) is 11.4. The van der Waals surface area contributed by atoms with Gasteiger partial charge in [0.15, 0.2) is 0 Å². The fourth-order valence-electron chi connectivity index (χ4n) is 2.58. The van der Waals surface area contributed by atoms with Gasteiger partial charge in [0.25, 0.3) is 0 Å². The molecule has 112 valence electrons. The van der Waals surface area contributed by atoms with Crippen molar-refractivity contribution in [2.45, 2.75) is 6.92 Å². The van der Waals surface area contributed by atoms with E-state index in [1.165, 1.54) is 30.3 Å². The molecule has 0 spiro atoms. The number of rotatable bonds is 3. The lowest BCUT2D eigenvalue weighted by Gasteiger charge is -2.01. The number of fused-ring (bicyclic) bond motifs is 1. The van der Waals surface area contributed by atoms with Crippen LogP contribution in [-0.4, -0.2) is 10.8 Å². The molecular weight excluding hydrogens is 291 g/mol. The molecule has 0 unspecified atom stereocenters. The summed E-state index contributed by atoms with van der Waals surface area (Å²) in [5.74, 6) is -0.703. The molecule has 0 aliphatic carbocycles. The van der Waals surface area contributed by atoms with Gasteiger partial charge in [0.05, 0.1) is 5.56 Å². The SMILES string of the molecule is Cc1[nH]c2ccccc2c1C(=O)/C(C#N)=C/c1ccc(F)cc1. The zero-order valence-corrected chi connectivity index (χ0v) is 12.4. The van der Waals surface area contributed by atoms with E-state index < -0.39 is 0 Å². The number of benzene rings is 2. The Morgan fingerprint density at radius 3 is 2.57 bits per heavy atom. The van der Waals surface area contributed by atoms with Crippen molar-refractivity contribution in [1.82, 2.24) is 4.98 Å². The Bertz CT molecular complexity index is 959. The molecule has 1 heterocycles. The zero-order valence-electron chi connectivity index (χ0n) is 12.4. The summed E-state index contributed by atoms with van der Waals surface area (Å²) in [7, 11) is 0. The summed E-state index contributed by atoms with van der Waals surface area (Å²) in [6.07, 6.45) is 1.48. The van der Waals surface area contributed by atoms with E-state index in [-0.39, 0.29) is 17.2 Å². The quantitative estimate of drug-likeness (QED) is 0.443. The molecule has 3 rings (SSSR count). The van der Waals surface area contributed by atoms with Crippen molar-refractivity contribution in [3.05, 3.63) is 76.7 Å². The van der Waals surface area contributed by atoms with Gasteiger partial charge < -0.3 is 4.98 Å². The van der Waals surface area contributed by atoms with E-state index in [0.717, 1.165) is 16.6 Å². The Morgan fingerprint density at radius 2 is 1.87 bits per heavy atom. The zero-order chi connectivity index (χ0) is 16.4. The van der Waals surface area contributed by atoms with Crippen molar-refractivity contribution in [1.29, 1.82) is 5.26 Å². The van der Waals surface area contributed by atoms with Gasteiger partial charge in [-0.3, -0.25) is 4.79 Å². The van der Waals surface area contributed by atoms with Gasteiger partial charge >= 0.3 is 0 Å². The summed E-state index contributed by atoms with van der Waals surface area (Å²) in [6, 6.07) is 15.1. The molecule has 0 amide bonds. The first-order chi connectivity index (χ1) is 11.1. The number of para-hydroxylation sites is 1. The average Bonchev–Trinajstić information content (AvgIpc) is 2.89. The molecule has 0 atom stereocenters. The number of carbonyl (C=O) groups is 1. The first-order valence-electron chi connectivity index (χ1n) is 7.09. The van der Waals surface area contributed by atoms with Crippen LogP contribution in [0.15, 0.2) is 54.1 Å². The highest BCUT2D eigenvalue weighted by molar-refractivity contribution is 6.20. The number of ketones is 1. The molecule has 0 radical (unpaired) electrons. The van der Waals surface area contributed by atoms with Crippen LogP contribution in [0.4, 0.5) is 4.39 Å². The third kappa shape index (κ3) is 2.77. The fourth-order valence-corrected chi connectivity index (χ4v) is 2.58. The van der Waals surface area contributed by atoms with Crippen LogP contribution >= 0.6 is 0 Å². The number of hydrogen-bond donors (Lipinski definition) is 1. The van der Waals surface area contributed by atoms with Gasteiger partial charge in [-0.05, 0) is 36.8 Å². The van der Waals surface area contributed by atoms with Gasteiger partial charge in [-0.1, -0.05) is 30.3 Å². The number of carbonyl (C=O) groups excluding carboxylic acids is 1. The number of nitrogens with zero attached hydrogens (tertiary/aromatic N) is 1. The van der Waals surface area contributed by atoms with Gasteiger partial charge in [-0.25, -0.2) is 4.39 Å². The molecule has 2 aromatic carbocycles. The molecule has 0 fully saturated rings. The summed E-state index contributed by atoms with van der Waals surface area (Å²) in [5, 5.41) is 10.1. The average molecular weight is 304 g/mol. The number of allylic oxidation sites excluding steroid dienone is 1. The van der Waals surface area contributed by atoms with Crippen LogP contribution in [0.3, 0.4) is 0 Å². The number of halogens is 1. The lowest BCUT2D eigenvalue weighted by Crippen LogP contribution is -2.03. The second kappa shape index (κ2) is 5.90. The molecule has 0 aliphatic heterocycles. The highest BCUT2D eigenvalue weighted by atomic mass is 19.1. The first-order valence-corrected chi connectivity index (χ1v) is 7.09. The third-order valence-corrected chi connectivity index (χ3v) is 3.67. The third-order valence-electron chi connectivity index (χ3n) is 3.67. The van der Waals surface area contributed by atoms with Gasteiger partial charge in [0.1, 0.15) is 17.5 Å². The minimum Gasteiger partial charge on any atom is -0.358 e. The van der Waals surface area contributed by atoms with Crippen LogP contribution < -0.4 is 0 Å². The van der Waals surface area contributed by atoms with Crippen LogP contribution in [0, 0.1) is 24.1 Å². The van der Waals surface area contributed by atoms with Crippen molar-refractivity contribution >= 4 is 22.8 Å². The molecule has 3 nitrogen and oxygen atoms in total. The molecule has 0 aliphatic rings. The standard InChI is InChI=1S/C19H13FN2O/c1-12-18(16-4-2-3-5-17(16)22-12)19(23)14(11-21)10-13-6-8-15(20)9-7-13/h2-10,22H,1H3/b14-10+. The predicted molar refractivity (Wildman–Crippen MR) is 87.4 cm³/mol. The minimum absolute atomic E-state index is 0.0180. The number of hydrogen-bond acceptors (Lipinski definition) is 2. The van der Waals surface area contributed by atoms with Crippen LogP contribution in [0.2, 0.25) is 0 Å². The van der Waals surface area contributed by atoms with Gasteiger partial charge in [-0.15, -0.1) is 0 Å². The Morgan fingerprint density at radius 1 is 1.17 bits per heavy atom. The number of nitrogens with one attached hydrogen (secondary N) is 1. The highest BCUT2D eigenvalue weighted by Crippen LogP contribution is 2.25. The first kappa shape index (κ1) is 14.7. The van der Waals surface area contributed by atoms with E-state index >= 15 is 0 Å². The van der Waals surface area contributed by atoms with Gasteiger partial charge in [0.2, 0.25) is 5.78 Å². The summed E-state index contributed by atoms with van der Waals surface area (Å²) in [4.78, 5) is 15.9. The van der Waals surface area contributed by atoms with Crippen molar-refractivity contribution < 1.29 is 9.18 Å². The maximum absolute atomic E-state index is 13.0. The van der Waals surface area contributed by atoms with Crippen molar-refractivity contribution in [3.8, 4) is 6.07 Å². The second-order valence-electron chi connectivity index (χ2n) is 5.22. The molecule has 0 saturated carbocycles. The van der Waals surface area contributed by atoms with E-state index in [2.05, 4.69) is 4.98 Å². The van der Waals surface area contributed by atoms with Crippen LogP contribution in [0.5, 0.6) is 0 Å². The topological polar surface area (TPSA) is 56.6 Å². The monoisotopic (exact) mass is 304 g/mol. The van der Waals surface area contributed by atoms with E-state index in [4.69, 9.17) is 0 Å². The largest absolute Gasteiger partial charge is 0.358 e. The second-order valence-corrected chi connectivity index (χ2v) is 5.22. The molecule has 1 N–H and O–H groups in total. The van der Waals surface area contributed by atoms with Crippen LogP contribution in [0.1, 0.15) is 21.6 Å². The van der Waals surface area contributed by atoms with Gasteiger partial charge in [-0.2, -0.15) is 5.26 Å². The number of aromatic nitrogens is 1. The van der Waals surface area contributed by atoms with E-state index in [0.29, 0.717) is 11.1 Å². The predicted octanol–water partition coefficient (Wildman–Crippen LogP) is 4.41. The van der Waals surface area contributed by atoms with E-state index in [1.807, 2.05) is 30.3 Å². The lowest BCUT2D eigenvalue weighted by molar-refractivity contribution is 0.104. The number of Topliss-reactive ketones (excluding diaryl/α,β-unsaturated/α-hetero) is 1. The van der Waals surface area contributed by atoms with E-state index in [9.17, 15) is 14.4 Å². The Balaban J connectivity index is 2.08. The highest BCUT2D eigenvalue weighted by Gasteiger charge is 2.19. The molecular formula is C19H13FN2O. The fraction of sp³-hybridized carbons (Fsp3) is 0.0526. The Labute approximate surface area is 132 Å². The molecule has 23 heavy (non-hydrogen) atoms. The summed E-state index contributed by atoms with van der Waals surface area (Å²) >= 11 is 0. The number of H-pyrrole nitrogens is 1. The number of aryl methyl sites for hydroxylation is 1. The van der Waals surface area contributed by atoms with Gasteiger partial charge in [0, 0.05) is 16.6 Å². The number of nitriles is 1. The van der Waals surface area contributed by atoms with Crippen LogP contribution in [-0.2, 0) is 0 Å². The number of aromatic amines is 1. The van der Waals surface area contributed by atoms with Crippen molar-refractivity contribution in [2.75, 3.05) is 0 Å². The van der Waals surface area contributed by atoms with Crippen LogP contribution in [0.25, 0.3) is 17.0 Å². The molecule has 0 saturated heterocycles. The smallest absolute Gasteiger partial charge is 0.205 e.